The Hall–Kier alpha value is -2.33. The SMILES string of the molecule is Cc1cc(Nc2ccccc2F)n(-c2cccc(Cl)c2)n1. The minimum Gasteiger partial charge on any atom is -0.338 e. The molecule has 0 fully saturated rings. The number of aromatic nitrogens is 2. The van der Waals surface area contributed by atoms with Gasteiger partial charge < -0.3 is 5.32 Å². The number of nitrogens with one attached hydrogen (secondary N) is 1. The van der Waals surface area contributed by atoms with Gasteiger partial charge in [0.2, 0.25) is 0 Å². The van der Waals surface area contributed by atoms with Gasteiger partial charge in [-0.05, 0) is 37.3 Å². The molecule has 5 heteroatoms. The Labute approximate surface area is 127 Å². The Kier molecular flexibility index (Phi) is 3.62. The highest BCUT2D eigenvalue weighted by Crippen LogP contribution is 2.24. The normalized spacial score (nSPS) is 10.6. The second kappa shape index (κ2) is 5.58. The third kappa shape index (κ3) is 2.90. The summed E-state index contributed by atoms with van der Waals surface area (Å²) in [6, 6.07) is 15.7. The van der Waals surface area contributed by atoms with Crippen molar-refractivity contribution in [1.29, 1.82) is 0 Å². The van der Waals surface area contributed by atoms with Crippen molar-refractivity contribution in [3.63, 3.8) is 0 Å². The van der Waals surface area contributed by atoms with E-state index in [-0.39, 0.29) is 5.82 Å². The first kappa shape index (κ1) is 13.6. The lowest BCUT2D eigenvalue weighted by atomic mass is 10.3. The highest BCUT2D eigenvalue weighted by Gasteiger charge is 2.10. The van der Waals surface area contributed by atoms with E-state index in [0.717, 1.165) is 11.4 Å². The Bertz CT molecular complexity index is 783. The van der Waals surface area contributed by atoms with Crippen LogP contribution in [0.25, 0.3) is 5.69 Å². The second-order valence-corrected chi connectivity index (χ2v) is 5.10. The summed E-state index contributed by atoms with van der Waals surface area (Å²) in [5.74, 6) is 0.369. The van der Waals surface area contributed by atoms with E-state index in [2.05, 4.69) is 10.4 Å². The van der Waals surface area contributed by atoms with E-state index < -0.39 is 0 Å². The van der Waals surface area contributed by atoms with Crippen LogP contribution in [0.2, 0.25) is 5.02 Å². The van der Waals surface area contributed by atoms with E-state index in [0.29, 0.717) is 16.5 Å². The maximum atomic E-state index is 13.8. The molecule has 0 aliphatic rings. The molecule has 0 saturated heterocycles. The quantitative estimate of drug-likeness (QED) is 0.759. The zero-order valence-electron chi connectivity index (χ0n) is 11.3. The summed E-state index contributed by atoms with van der Waals surface area (Å²) in [5, 5.41) is 8.11. The van der Waals surface area contributed by atoms with Gasteiger partial charge in [-0.1, -0.05) is 29.8 Å². The molecular formula is C16H13ClFN3. The fourth-order valence-electron chi connectivity index (χ4n) is 2.09. The molecule has 0 amide bonds. The number of para-hydroxylation sites is 1. The van der Waals surface area contributed by atoms with E-state index in [9.17, 15) is 4.39 Å². The molecule has 3 aromatic rings. The standard InChI is InChI=1S/C16H13ClFN3/c1-11-9-16(19-15-8-3-2-7-14(15)18)21(20-11)13-6-4-5-12(17)10-13/h2-10,19H,1H3. The van der Waals surface area contributed by atoms with Crippen molar-refractivity contribution in [3.05, 3.63) is 71.1 Å². The van der Waals surface area contributed by atoms with Gasteiger partial charge in [-0.15, -0.1) is 0 Å². The van der Waals surface area contributed by atoms with E-state index >= 15 is 0 Å². The van der Waals surface area contributed by atoms with Crippen LogP contribution in [0.1, 0.15) is 5.69 Å². The third-order valence-electron chi connectivity index (χ3n) is 3.02. The Balaban J connectivity index is 2.02. The number of anilines is 2. The number of rotatable bonds is 3. The van der Waals surface area contributed by atoms with Crippen LogP contribution >= 0.6 is 11.6 Å². The first-order chi connectivity index (χ1) is 10.1. The van der Waals surface area contributed by atoms with Gasteiger partial charge in [0.05, 0.1) is 17.1 Å². The number of hydrogen-bond donors (Lipinski definition) is 1. The molecular weight excluding hydrogens is 289 g/mol. The highest BCUT2D eigenvalue weighted by atomic mass is 35.5. The molecule has 1 N–H and O–H groups in total. The van der Waals surface area contributed by atoms with Gasteiger partial charge in [0, 0.05) is 11.1 Å². The molecule has 0 bridgehead atoms. The molecule has 0 radical (unpaired) electrons. The van der Waals surface area contributed by atoms with Gasteiger partial charge >= 0.3 is 0 Å². The van der Waals surface area contributed by atoms with Gasteiger partial charge in [-0.2, -0.15) is 5.10 Å². The van der Waals surface area contributed by atoms with Crippen LogP contribution in [0, 0.1) is 12.7 Å². The van der Waals surface area contributed by atoms with Crippen molar-refractivity contribution in [2.75, 3.05) is 5.32 Å². The molecule has 1 heterocycles. The van der Waals surface area contributed by atoms with E-state index in [1.165, 1.54) is 6.07 Å². The minimum absolute atomic E-state index is 0.311. The average molecular weight is 302 g/mol. The summed E-state index contributed by atoms with van der Waals surface area (Å²) in [7, 11) is 0. The number of aryl methyl sites for hydroxylation is 1. The van der Waals surface area contributed by atoms with Crippen LogP contribution < -0.4 is 5.32 Å². The van der Waals surface area contributed by atoms with Crippen molar-refractivity contribution in [3.8, 4) is 5.69 Å². The van der Waals surface area contributed by atoms with E-state index in [1.54, 1.807) is 35.0 Å². The molecule has 3 rings (SSSR count). The lowest BCUT2D eigenvalue weighted by molar-refractivity contribution is 0.631. The summed E-state index contributed by atoms with van der Waals surface area (Å²) < 4.78 is 15.5. The molecule has 0 aliphatic heterocycles. The summed E-state index contributed by atoms with van der Waals surface area (Å²) in [4.78, 5) is 0. The molecule has 1 aromatic heterocycles. The van der Waals surface area contributed by atoms with Gasteiger partial charge in [-0.3, -0.25) is 0 Å². The maximum absolute atomic E-state index is 13.8. The summed E-state index contributed by atoms with van der Waals surface area (Å²) in [6.07, 6.45) is 0. The van der Waals surface area contributed by atoms with Gasteiger partial charge in [0.1, 0.15) is 11.6 Å². The van der Waals surface area contributed by atoms with E-state index in [1.807, 2.05) is 25.1 Å². The van der Waals surface area contributed by atoms with E-state index in [4.69, 9.17) is 11.6 Å². The first-order valence-corrected chi connectivity index (χ1v) is 6.85. The molecule has 2 aromatic carbocycles. The second-order valence-electron chi connectivity index (χ2n) is 4.67. The number of hydrogen-bond acceptors (Lipinski definition) is 2. The number of nitrogens with zero attached hydrogens (tertiary/aromatic N) is 2. The third-order valence-corrected chi connectivity index (χ3v) is 3.26. The van der Waals surface area contributed by atoms with Gasteiger partial charge in [0.25, 0.3) is 0 Å². The van der Waals surface area contributed by atoms with Gasteiger partial charge in [-0.25, -0.2) is 9.07 Å². The zero-order valence-corrected chi connectivity index (χ0v) is 12.1. The van der Waals surface area contributed by atoms with Crippen LogP contribution in [0.15, 0.2) is 54.6 Å². The van der Waals surface area contributed by atoms with Crippen molar-refractivity contribution in [2.24, 2.45) is 0 Å². The summed E-state index contributed by atoms with van der Waals surface area (Å²) in [5.41, 5.74) is 2.05. The van der Waals surface area contributed by atoms with Crippen LogP contribution in [-0.2, 0) is 0 Å². The molecule has 0 unspecified atom stereocenters. The fourth-order valence-corrected chi connectivity index (χ4v) is 2.28. The van der Waals surface area contributed by atoms with Crippen LogP contribution in [0.4, 0.5) is 15.9 Å². The van der Waals surface area contributed by atoms with Crippen molar-refractivity contribution < 1.29 is 4.39 Å². The topological polar surface area (TPSA) is 29.9 Å². The predicted molar refractivity (Wildman–Crippen MR) is 83.0 cm³/mol. The Morgan fingerprint density at radius 3 is 2.67 bits per heavy atom. The maximum Gasteiger partial charge on any atom is 0.146 e. The monoisotopic (exact) mass is 301 g/mol. The minimum atomic E-state index is -0.311. The molecule has 0 saturated carbocycles. The van der Waals surface area contributed by atoms with Crippen molar-refractivity contribution in [1.82, 2.24) is 9.78 Å². The van der Waals surface area contributed by atoms with Gasteiger partial charge in [0.15, 0.2) is 0 Å². The predicted octanol–water partition coefficient (Wildman–Crippen LogP) is 4.72. The molecule has 3 nitrogen and oxygen atoms in total. The lowest BCUT2D eigenvalue weighted by Gasteiger charge is -2.10. The van der Waals surface area contributed by atoms with Crippen LogP contribution in [0.3, 0.4) is 0 Å². The molecule has 0 aliphatic carbocycles. The van der Waals surface area contributed by atoms with Crippen LogP contribution in [-0.4, -0.2) is 9.78 Å². The van der Waals surface area contributed by atoms with Crippen molar-refractivity contribution >= 4 is 23.1 Å². The zero-order chi connectivity index (χ0) is 14.8. The fraction of sp³-hybridized carbons (Fsp3) is 0.0625. The van der Waals surface area contributed by atoms with Crippen molar-refractivity contribution in [2.45, 2.75) is 6.92 Å². The smallest absolute Gasteiger partial charge is 0.146 e. The summed E-state index contributed by atoms with van der Waals surface area (Å²) in [6.45, 7) is 1.88. The Morgan fingerprint density at radius 1 is 1.10 bits per heavy atom. The van der Waals surface area contributed by atoms with Crippen LogP contribution in [0.5, 0.6) is 0 Å². The molecule has 0 atom stereocenters. The lowest BCUT2D eigenvalue weighted by Crippen LogP contribution is -2.03. The molecule has 0 spiro atoms. The Morgan fingerprint density at radius 2 is 1.90 bits per heavy atom. The molecule has 21 heavy (non-hydrogen) atoms. The first-order valence-electron chi connectivity index (χ1n) is 6.47. The average Bonchev–Trinajstić information content (AvgIpc) is 2.82. The summed E-state index contributed by atoms with van der Waals surface area (Å²) >= 11 is 6.02. The molecule has 106 valence electrons. The largest absolute Gasteiger partial charge is 0.338 e. The highest BCUT2D eigenvalue weighted by molar-refractivity contribution is 6.30. The number of benzene rings is 2. The number of halogens is 2.